The number of hydrogen-bond acceptors (Lipinski definition) is 2. The number of nitrogens with one attached hydrogen (secondary N) is 1. The number of rotatable bonds is 1. The highest BCUT2D eigenvalue weighted by Crippen LogP contribution is 2.32. The smallest absolute Gasteiger partial charge is 0.144 e. The van der Waals surface area contributed by atoms with Gasteiger partial charge >= 0.3 is 0 Å². The van der Waals surface area contributed by atoms with Crippen molar-refractivity contribution in [1.82, 2.24) is 0 Å². The molecule has 0 saturated carbocycles. The summed E-state index contributed by atoms with van der Waals surface area (Å²) < 4.78 is 5.71. The van der Waals surface area contributed by atoms with Gasteiger partial charge in [-0.2, -0.15) is 0 Å². The second-order valence-electron chi connectivity index (χ2n) is 3.17. The molecule has 1 aromatic rings. The van der Waals surface area contributed by atoms with E-state index in [0.29, 0.717) is 0 Å². The summed E-state index contributed by atoms with van der Waals surface area (Å²) in [6.07, 6.45) is 1.28. The summed E-state index contributed by atoms with van der Waals surface area (Å²) in [5, 5.41) is 4.03. The van der Waals surface area contributed by atoms with Gasteiger partial charge in [0.05, 0.1) is 12.2 Å². The molecule has 0 bridgehead atoms. The van der Waals surface area contributed by atoms with Crippen molar-refractivity contribution in [2.45, 2.75) is 19.4 Å². The first-order chi connectivity index (χ1) is 6.29. The van der Waals surface area contributed by atoms with Crippen LogP contribution >= 0.6 is 11.6 Å². The van der Waals surface area contributed by atoms with Crippen molar-refractivity contribution < 1.29 is 4.74 Å². The van der Waals surface area contributed by atoms with Gasteiger partial charge in [0.15, 0.2) is 0 Å². The van der Waals surface area contributed by atoms with Crippen molar-refractivity contribution >= 4 is 17.3 Å². The largest absolute Gasteiger partial charge is 0.486 e. The predicted molar refractivity (Wildman–Crippen MR) is 54.6 cm³/mol. The third-order valence-electron chi connectivity index (χ3n) is 2.21. The highest BCUT2D eigenvalue weighted by atomic mass is 35.5. The Morgan fingerprint density at radius 3 is 3.23 bits per heavy atom. The topological polar surface area (TPSA) is 21.3 Å². The van der Waals surface area contributed by atoms with Crippen LogP contribution in [-0.2, 0) is 0 Å². The van der Waals surface area contributed by atoms with Gasteiger partial charge in [-0.1, -0.05) is 18.5 Å². The first-order valence-corrected chi connectivity index (χ1v) is 4.87. The lowest BCUT2D eigenvalue weighted by Crippen LogP contribution is -2.29. The van der Waals surface area contributed by atoms with E-state index >= 15 is 0 Å². The highest BCUT2D eigenvalue weighted by molar-refractivity contribution is 6.30. The Hall–Kier alpha value is -0.890. The van der Waals surface area contributed by atoms with Crippen molar-refractivity contribution in [2.75, 3.05) is 11.9 Å². The summed E-state index contributed by atoms with van der Waals surface area (Å²) in [7, 11) is 0. The molecule has 13 heavy (non-hydrogen) atoms. The van der Waals surface area contributed by atoms with E-state index in [1.807, 2.05) is 18.2 Å². The molecule has 70 valence electrons. The Bertz CT molecular complexity index is 314. The van der Waals surface area contributed by atoms with Gasteiger partial charge in [-0.3, -0.25) is 0 Å². The molecular weight excluding hydrogens is 186 g/mol. The van der Waals surface area contributed by atoms with Crippen LogP contribution in [0.25, 0.3) is 0 Å². The van der Waals surface area contributed by atoms with Crippen LogP contribution in [-0.4, -0.2) is 12.6 Å². The van der Waals surface area contributed by atoms with E-state index < -0.39 is 0 Å². The van der Waals surface area contributed by atoms with Gasteiger partial charge in [0.25, 0.3) is 0 Å². The Kier molecular flexibility index (Phi) is 2.32. The maximum Gasteiger partial charge on any atom is 0.144 e. The summed E-state index contributed by atoms with van der Waals surface area (Å²) in [5.74, 6) is 0.866. The number of halogens is 1. The molecule has 1 unspecified atom stereocenters. The second-order valence-corrected chi connectivity index (χ2v) is 3.61. The number of ether oxygens (including phenoxy) is 1. The average Bonchev–Trinajstić information content (AvgIpc) is 2.16. The van der Waals surface area contributed by atoms with Crippen LogP contribution in [0.1, 0.15) is 13.3 Å². The molecule has 1 aromatic carbocycles. The van der Waals surface area contributed by atoms with Crippen molar-refractivity contribution in [2.24, 2.45) is 0 Å². The van der Waals surface area contributed by atoms with Crippen LogP contribution < -0.4 is 10.1 Å². The summed E-state index contributed by atoms with van der Waals surface area (Å²) in [6.45, 7) is 2.99. The first-order valence-electron chi connectivity index (χ1n) is 4.49. The van der Waals surface area contributed by atoms with E-state index in [1.54, 1.807) is 0 Å². The minimum absolute atomic E-state index is 0.269. The van der Waals surface area contributed by atoms with E-state index in [4.69, 9.17) is 16.3 Å². The predicted octanol–water partition coefficient (Wildman–Crippen LogP) is 2.92. The Balaban J connectivity index is 2.27. The van der Waals surface area contributed by atoms with Crippen LogP contribution in [0, 0.1) is 0 Å². The molecule has 0 fully saturated rings. The molecule has 1 heterocycles. The minimum Gasteiger partial charge on any atom is -0.486 e. The zero-order valence-corrected chi connectivity index (χ0v) is 8.27. The van der Waals surface area contributed by atoms with Gasteiger partial charge in [0.1, 0.15) is 11.9 Å². The molecule has 0 spiro atoms. The normalized spacial score (nSPS) is 20.0. The fourth-order valence-corrected chi connectivity index (χ4v) is 1.57. The minimum atomic E-state index is 0.269. The van der Waals surface area contributed by atoms with Gasteiger partial charge in [-0.15, -0.1) is 0 Å². The quantitative estimate of drug-likeness (QED) is 0.748. The maximum atomic E-state index is 5.86. The molecule has 2 nitrogen and oxygen atoms in total. The number of hydrogen-bond donors (Lipinski definition) is 1. The van der Waals surface area contributed by atoms with Crippen LogP contribution in [0.4, 0.5) is 5.69 Å². The van der Waals surface area contributed by atoms with E-state index in [9.17, 15) is 0 Å². The Morgan fingerprint density at radius 2 is 2.46 bits per heavy atom. The van der Waals surface area contributed by atoms with Crippen LogP contribution in [0.3, 0.4) is 0 Å². The van der Waals surface area contributed by atoms with Crippen LogP contribution in [0.15, 0.2) is 18.2 Å². The van der Waals surface area contributed by atoms with Gasteiger partial charge in [0.2, 0.25) is 0 Å². The standard InChI is InChI=1S/C10H12ClNO/c1-2-8-6-12-9-4-3-7(11)5-10(9)13-8/h3-5,8,12H,2,6H2,1H3. The van der Waals surface area contributed by atoms with Crippen LogP contribution in [0.2, 0.25) is 5.02 Å². The molecule has 2 rings (SSSR count). The highest BCUT2D eigenvalue weighted by Gasteiger charge is 2.17. The SMILES string of the molecule is CCC1CNc2ccc(Cl)cc2O1. The lowest BCUT2D eigenvalue weighted by atomic mass is 10.2. The first kappa shape index (κ1) is 8.70. The number of fused-ring (bicyclic) bond motifs is 1. The molecule has 1 aliphatic rings. The second kappa shape index (κ2) is 3.46. The van der Waals surface area contributed by atoms with Crippen molar-refractivity contribution in [3.05, 3.63) is 23.2 Å². The fourth-order valence-electron chi connectivity index (χ4n) is 1.41. The summed E-state index contributed by atoms with van der Waals surface area (Å²) in [4.78, 5) is 0. The van der Waals surface area contributed by atoms with Gasteiger partial charge < -0.3 is 10.1 Å². The molecule has 1 N–H and O–H groups in total. The van der Waals surface area contributed by atoms with Crippen LogP contribution in [0.5, 0.6) is 5.75 Å². The Labute approximate surface area is 82.9 Å². The van der Waals surface area contributed by atoms with E-state index in [-0.39, 0.29) is 6.10 Å². The molecule has 0 aliphatic carbocycles. The fraction of sp³-hybridized carbons (Fsp3) is 0.400. The van der Waals surface area contributed by atoms with Gasteiger partial charge in [-0.05, 0) is 18.6 Å². The van der Waals surface area contributed by atoms with Gasteiger partial charge in [-0.25, -0.2) is 0 Å². The van der Waals surface area contributed by atoms with Crippen molar-refractivity contribution in [1.29, 1.82) is 0 Å². The zero-order chi connectivity index (χ0) is 9.26. The Morgan fingerprint density at radius 1 is 1.62 bits per heavy atom. The third-order valence-corrected chi connectivity index (χ3v) is 2.45. The molecule has 0 aromatic heterocycles. The lowest BCUT2D eigenvalue weighted by molar-refractivity contribution is 0.202. The molecular formula is C10H12ClNO. The van der Waals surface area contributed by atoms with Gasteiger partial charge in [0, 0.05) is 11.1 Å². The molecule has 3 heteroatoms. The molecule has 1 aliphatic heterocycles. The monoisotopic (exact) mass is 197 g/mol. The van der Waals surface area contributed by atoms with E-state index in [1.165, 1.54) is 0 Å². The lowest BCUT2D eigenvalue weighted by Gasteiger charge is -2.26. The zero-order valence-electron chi connectivity index (χ0n) is 7.51. The summed E-state index contributed by atoms with van der Waals surface area (Å²) in [5.41, 5.74) is 1.04. The average molecular weight is 198 g/mol. The number of benzene rings is 1. The summed E-state index contributed by atoms with van der Waals surface area (Å²) in [6, 6.07) is 5.66. The molecule has 0 amide bonds. The maximum absolute atomic E-state index is 5.86. The molecule has 1 atom stereocenters. The van der Waals surface area contributed by atoms with Crippen molar-refractivity contribution in [3.63, 3.8) is 0 Å². The van der Waals surface area contributed by atoms with Crippen molar-refractivity contribution in [3.8, 4) is 5.75 Å². The van der Waals surface area contributed by atoms with E-state index in [0.717, 1.165) is 29.4 Å². The number of anilines is 1. The third kappa shape index (κ3) is 1.73. The molecule has 0 radical (unpaired) electrons. The van der Waals surface area contributed by atoms with E-state index in [2.05, 4.69) is 12.2 Å². The molecule has 0 saturated heterocycles. The summed E-state index contributed by atoms with van der Waals surface area (Å²) >= 11 is 5.86.